The largest absolute Gasteiger partial charge is 0.459 e. The van der Waals surface area contributed by atoms with Gasteiger partial charge in [-0.15, -0.1) is 0 Å². The van der Waals surface area contributed by atoms with Crippen LogP contribution in [0.15, 0.2) is 108 Å². The van der Waals surface area contributed by atoms with Crippen molar-refractivity contribution in [1.29, 1.82) is 0 Å². The van der Waals surface area contributed by atoms with Crippen LogP contribution in [0.5, 0.6) is 0 Å². The molecule has 0 aliphatic carbocycles. The number of hydrogen-bond acceptors (Lipinski definition) is 9. The molecule has 2 aliphatic rings. The lowest BCUT2D eigenvalue weighted by atomic mass is 9.81. The summed E-state index contributed by atoms with van der Waals surface area (Å²) in [4.78, 5) is 40.4. The second-order valence-electron chi connectivity index (χ2n) is 10.9. The number of non-ortho nitro benzene ring substituents is 1. The van der Waals surface area contributed by atoms with Crippen molar-refractivity contribution in [2.24, 2.45) is 5.73 Å². The number of carbonyl (C=O) groups excluding carboxylic acids is 2. The first-order valence-electron chi connectivity index (χ1n) is 14.1. The van der Waals surface area contributed by atoms with Gasteiger partial charge in [0.05, 0.1) is 34.1 Å². The van der Waals surface area contributed by atoms with Gasteiger partial charge in [-0.25, -0.2) is 9.59 Å². The Kier molecular flexibility index (Phi) is 8.58. The normalized spacial score (nSPS) is 17.5. The minimum atomic E-state index is -1.03. The molecule has 5 rings (SSSR count). The van der Waals surface area contributed by atoms with Gasteiger partial charge < -0.3 is 20.5 Å². The van der Waals surface area contributed by atoms with Gasteiger partial charge in [-0.1, -0.05) is 72.8 Å². The van der Waals surface area contributed by atoms with Gasteiger partial charge in [0.2, 0.25) is 0 Å². The van der Waals surface area contributed by atoms with E-state index in [2.05, 4.69) is 34.5 Å². The van der Waals surface area contributed by atoms with Crippen LogP contribution in [0.4, 0.5) is 5.69 Å². The molecule has 0 spiro atoms. The molecule has 3 aromatic carbocycles. The molecule has 0 saturated carbocycles. The smallest absolute Gasteiger partial charge is 0.338 e. The van der Waals surface area contributed by atoms with Gasteiger partial charge >= 0.3 is 11.9 Å². The number of nitrogens with zero attached hydrogens (tertiary/aromatic N) is 2. The van der Waals surface area contributed by atoms with Crippen molar-refractivity contribution in [2.45, 2.75) is 44.9 Å². The summed E-state index contributed by atoms with van der Waals surface area (Å²) in [6.45, 7) is 6.06. The van der Waals surface area contributed by atoms with Gasteiger partial charge in [0.1, 0.15) is 11.9 Å². The standard InChI is InChI=1S/C33H34N4O6/c1-20(2)42-33(39)29-28(24-15-10-16-25(17-24)37(40)41)27(21(3)35-31(29)34)32(38)43-26-18-36(19-26)30(22-11-6-4-7-12-22)23-13-8-5-9-14-23/h4-17,20,26,28,30,35H,18-19,34H2,1-3H3. The Morgan fingerprint density at radius 3 is 2.09 bits per heavy atom. The Bertz CT molecular complexity index is 1540. The first kappa shape index (κ1) is 29.5. The fourth-order valence-corrected chi connectivity index (χ4v) is 5.64. The fourth-order valence-electron chi connectivity index (χ4n) is 5.64. The van der Waals surface area contributed by atoms with Crippen LogP contribution < -0.4 is 11.1 Å². The van der Waals surface area contributed by atoms with Crippen molar-refractivity contribution in [3.8, 4) is 0 Å². The number of dihydropyridines is 1. The molecule has 0 amide bonds. The molecule has 0 aromatic heterocycles. The number of ether oxygens (including phenoxy) is 2. The zero-order chi connectivity index (χ0) is 30.7. The quantitative estimate of drug-likeness (QED) is 0.209. The van der Waals surface area contributed by atoms with Gasteiger partial charge in [-0.3, -0.25) is 15.0 Å². The highest BCUT2D eigenvalue weighted by molar-refractivity contribution is 6.00. The molecular formula is C33H34N4O6. The SMILES string of the molecule is CC1=C(C(=O)OC2CN(C(c3ccccc3)c3ccccc3)C2)C(c2cccc([N+](=O)[O-])c2)C(C(=O)OC(C)C)=C(N)N1. The van der Waals surface area contributed by atoms with Crippen molar-refractivity contribution < 1.29 is 24.0 Å². The van der Waals surface area contributed by atoms with Gasteiger partial charge in [0.15, 0.2) is 0 Å². The van der Waals surface area contributed by atoms with E-state index in [-0.39, 0.29) is 28.7 Å². The van der Waals surface area contributed by atoms with E-state index in [9.17, 15) is 19.7 Å². The van der Waals surface area contributed by atoms with Crippen LogP contribution in [-0.4, -0.2) is 47.1 Å². The average molecular weight is 583 g/mol. The zero-order valence-electron chi connectivity index (χ0n) is 24.2. The molecular weight excluding hydrogens is 548 g/mol. The number of nitro groups is 1. The molecule has 3 N–H and O–H groups in total. The van der Waals surface area contributed by atoms with Crippen molar-refractivity contribution >= 4 is 17.6 Å². The fraction of sp³-hybridized carbons (Fsp3) is 0.273. The van der Waals surface area contributed by atoms with Crippen LogP contribution >= 0.6 is 0 Å². The molecule has 10 nitrogen and oxygen atoms in total. The maximum Gasteiger partial charge on any atom is 0.338 e. The first-order chi connectivity index (χ1) is 20.6. The number of benzene rings is 3. The van der Waals surface area contributed by atoms with E-state index in [1.807, 2.05) is 36.4 Å². The summed E-state index contributed by atoms with van der Waals surface area (Å²) in [6.07, 6.45) is -0.855. The highest BCUT2D eigenvalue weighted by Crippen LogP contribution is 2.40. The summed E-state index contributed by atoms with van der Waals surface area (Å²) in [5.74, 6) is -2.38. The van der Waals surface area contributed by atoms with Crippen LogP contribution in [0, 0.1) is 10.1 Å². The summed E-state index contributed by atoms with van der Waals surface area (Å²) >= 11 is 0. The average Bonchev–Trinajstić information content (AvgIpc) is 2.96. The maximum atomic E-state index is 13.8. The number of nitrogens with one attached hydrogen (secondary N) is 1. The van der Waals surface area contributed by atoms with Crippen molar-refractivity contribution in [2.75, 3.05) is 13.1 Å². The third-order valence-corrected chi connectivity index (χ3v) is 7.54. The third kappa shape index (κ3) is 6.29. The zero-order valence-corrected chi connectivity index (χ0v) is 24.2. The van der Waals surface area contributed by atoms with Gasteiger partial charge in [0.25, 0.3) is 5.69 Å². The number of likely N-dealkylation sites (tertiary alicyclic amines) is 1. The molecule has 2 aliphatic heterocycles. The summed E-state index contributed by atoms with van der Waals surface area (Å²) in [5, 5.41) is 14.5. The number of hydrogen-bond donors (Lipinski definition) is 2. The van der Waals surface area contributed by atoms with Crippen LogP contribution in [0.3, 0.4) is 0 Å². The highest BCUT2D eigenvalue weighted by atomic mass is 16.6. The third-order valence-electron chi connectivity index (χ3n) is 7.54. The predicted molar refractivity (Wildman–Crippen MR) is 160 cm³/mol. The van der Waals surface area contributed by atoms with E-state index in [1.54, 1.807) is 26.8 Å². The minimum Gasteiger partial charge on any atom is -0.459 e. The predicted octanol–water partition coefficient (Wildman–Crippen LogP) is 4.69. The lowest BCUT2D eigenvalue weighted by Gasteiger charge is -2.44. The molecule has 1 unspecified atom stereocenters. The summed E-state index contributed by atoms with van der Waals surface area (Å²) in [5.41, 5.74) is 9.24. The number of esters is 2. The van der Waals surface area contributed by atoms with Gasteiger partial charge in [-0.05, 0) is 37.5 Å². The van der Waals surface area contributed by atoms with E-state index in [4.69, 9.17) is 15.2 Å². The Morgan fingerprint density at radius 2 is 1.53 bits per heavy atom. The molecule has 222 valence electrons. The van der Waals surface area contributed by atoms with Crippen molar-refractivity contribution in [3.63, 3.8) is 0 Å². The molecule has 0 bridgehead atoms. The van der Waals surface area contributed by atoms with Crippen LogP contribution in [0.1, 0.15) is 49.4 Å². The van der Waals surface area contributed by atoms with Gasteiger partial charge in [-0.2, -0.15) is 0 Å². The maximum absolute atomic E-state index is 13.8. The van der Waals surface area contributed by atoms with Gasteiger partial charge in [0, 0.05) is 30.9 Å². The molecule has 0 radical (unpaired) electrons. The molecule has 1 atom stereocenters. The number of rotatable bonds is 9. The van der Waals surface area contributed by atoms with Crippen molar-refractivity contribution in [1.82, 2.24) is 10.2 Å². The Morgan fingerprint density at radius 1 is 0.930 bits per heavy atom. The lowest BCUT2D eigenvalue weighted by molar-refractivity contribution is -0.384. The van der Waals surface area contributed by atoms with Crippen LogP contribution in [-0.2, 0) is 19.1 Å². The Hall–Kier alpha value is -4.96. The highest BCUT2D eigenvalue weighted by Gasteiger charge is 2.42. The second kappa shape index (κ2) is 12.5. The number of allylic oxidation sites excluding steroid dienone is 1. The van der Waals surface area contributed by atoms with E-state index in [0.717, 1.165) is 11.1 Å². The summed E-state index contributed by atoms with van der Waals surface area (Å²) in [6, 6.07) is 26.1. The Labute approximate surface area is 249 Å². The van der Waals surface area contributed by atoms with E-state index < -0.39 is 35.0 Å². The van der Waals surface area contributed by atoms with Crippen LogP contribution in [0.2, 0.25) is 0 Å². The molecule has 1 saturated heterocycles. The van der Waals surface area contributed by atoms with Crippen molar-refractivity contribution in [3.05, 3.63) is 134 Å². The summed E-state index contributed by atoms with van der Waals surface area (Å²) < 4.78 is 11.5. The number of carbonyl (C=O) groups is 2. The molecule has 10 heteroatoms. The summed E-state index contributed by atoms with van der Waals surface area (Å²) in [7, 11) is 0. The topological polar surface area (TPSA) is 137 Å². The minimum absolute atomic E-state index is 0.00444. The van der Waals surface area contributed by atoms with E-state index >= 15 is 0 Å². The van der Waals surface area contributed by atoms with E-state index in [0.29, 0.717) is 24.4 Å². The number of nitrogens with two attached hydrogens (primary N) is 1. The molecule has 3 aromatic rings. The second-order valence-corrected chi connectivity index (χ2v) is 10.9. The first-order valence-corrected chi connectivity index (χ1v) is 14.1. The molecule has 43 heavy (non-hydrogen) atoms. The molecule has 1 fully saturated rings. The van der Waals surface area contributed by atoms with Crippen LogP contribution in [0.25, 0.3) is 0 Å². The number of nitro benzene ring substituents is 1. The Balaban J connectivity index is 1.41. The molecule has 2 heterocycles. The monoisotopic (exact) mass is 582 g/mol. The lowest BCUT2D eigenvalue weighted by Crippen LogP contribution is -2.54. The van der Waals surface area contributed by atoms with E-state index in [1.165, 1.54) is 18.2 Å².